The topological polar surface area (TPSA) is 58.6 Å². The van der Waals surface area contributed by atoms with Gasteiger partial charge < -0.3 is 15.0 Å². The van der Waals surface area contributed by atoms with E-state index >= 15 is 0 Å². The van der Waals surface area contributed by atoms with E-state index in [1.54, 1.807) is 23.1 Å². The van der Waals surface area contributed by atoms with Gasteiger partial charge in [-0.2, -0.15) is 0 Å². The van der Waals surface area contributed by atoms with Crippen LogP contribution < -0.4 is 10.1 Å². The number of anilines is 1. The Morgan fingerprint density at radius 2 is 1.76 bits per heavy atom. The number of carbonyl (C=O) groups is 2. The maximum Gasteiger partial charge on any atom is 0.264 e. The van der Waals surface area contributed by atoms with Crippen LogP contribution in [0.5, 0.6) is 5.75 Å². The third kappa shape index (κ3) is 4.64. The number of halogens is 2. The zero-order chi connectivity index (χ0) is 24.2. The molecule has 1 aliphatic heterocycles. The molecule has 2 amide bonds. The summed E-state index contributed by atoms with van der Waals surface area (Å²) in [6, 6.07) is 17.9. The van der Waals surface area contributed by atoms with Crippen LogP contribution in [0.3, 0.4) is 0 Å². The second-order valence-electron chi connectivity index (χ2n) is 8.19. The van der Waals surface area contributed by atoms with Crippen molar-refractivity contribution < 1.29 is 23.1 Å². The van der Waals surface area contributed by atoms with Crippen molar-refractivity contribution in [3.8, 4) is 5.75 Å². The first kappa shape index (κ1) is 23.4. The van der Waals surface area contributed by atoms with Gasteiger partial charge in [0.15, 0.2) is 6.10 Å². The number of fused-ring (bicyclic) bond motifs is 1. The summed E-state index contributed by atoms with van der Waals surface area (Å²) < 4.78 is 34.1. The molecule has 0 saturated heterocycles. The van der Waals surface area contributed by atoms with Gasteiger partial charge in [-0.05, 0) is 48.7 Å². The van der Waals surface area contributed by atoms with Gasteiger partial charge in [-0.15, -0.1) is 0 Å². The molecule has 0 bridgehead atoms. The summed E-state index contributed by atoms with van der Waals surface area (Å²) in [5.41, 5.74) is 1.43. The number of amides is 2. The molecule has 7 heteroatoms. The second kappa shape index (κ2) is 10.0. The fourth-order valence-electron chi connectivity index (χ4n) is 4.29. The van der Waals surface area contributed by atoms with Crippen molar-refractivity contribution in [1.29, 1.82) is 0 Å². The lowest BCUT2D eigenvalue weighted by molar-refractivity contribution is -0.141. The fourth-order valence-corrected chi connectivity index (χ4v) is 4.29. The summed E-state index contributed by atoms with van der Waals surface area (Å²) >= 11 is 0. The molecule has 5 nitrogen and oxygen atoms in total. The zero-order valence-corrected chi connectivity index (χ0v) is 19.1. The second-order valence-corrected chi connectivity index (χ2v) is 8.19. The van der Waals surface area contributed by atoms with Gasteiger partial charge in [0.25, 0.3) is 11.8 Å². The van der Waals surface area contributed by atoms with Crippen LogP contribution in [0.1, 0.15) is 54.2 Å². The molecular formula is C27H26F2N2O3. The monoisotopic (exact) mass is 464 g/mol. The Balaban J connectivity index is 1.67. The van der Waals surface area contributed by atoms with Crippen LogP contribution in [-0.2, 0) is 11.3 Å². The summed E-state index contributed by atoms with van der Waals surface area (Å²) in [6.07, 6.45) is 0.585. The Morgan fingerprint density at radius 3 is 2.41 bits per heavy atom. The summed E-state index contributed by atoms with van der Waals surface area (Å²) in [6.45, 7) is 4.20. The molecule has 0 unspecified atom stereocenters. The van der Waals surface area contributed by atoms with Crippen molar-refractivity contribution >= 4 is 17.5 Å². The molecule has 0 saturated carbocycles. The zero-order valence-electron chi connectivity index (χ0n) is 19.1. The summed E-state index contributed by atoms with van der Waals surface area (Å²) in [7, 11) is 0. The third-order valence-electron chi connectivity index (χ3n) is 5.99. The average molecular weight is 465 g/mol. The van der Waals surface area contributed by atoms with Crippen LogP contribution in [-0.4, -0.2) is 22.8 Å². The summed E-state index contributed by atoms with van der Waals surface area (Å²) in [5, 5.41) is 2.56. The van der Waals surface area contributed by atoms with Crippen LogP contribution >= 0.6 is 0 Å². The van der Waals surface area contributed by atoms with E-state index in [9.17, 15) is 18.4 Å². The van der Waals surface area contributed by atoms with Gasteiger partial charge >= 0.3 is 0 Å². The standard InChI is InChI=1S/C27H26F2N2O3/c1-3-22(17-9-6-5-7-10-17)31-16-18-15-19(13-14-24(18)34-23(4-2)27(31)33)30-26(32)25-20(28)11-8-12-21(25)29/h5-15,22-23H,3-4,16H2,1-2H3,(H,30,32)/t22-,23+/m1/s1. The number of carbonyl (C=O) groups excluding carboxylic acids is 2. The highest BCUT2D eigenvalue weighted by atomic mass is 19.1. The van der Waals surface area contributed by atoms with E-state index in [2.05, 4.69) is 5.32 Å². The van der Waals surface area contributed by atoms with Crippen molar-refractivity contribution in [3.05, 3.63) is 95.1 Å². The van der Waals surface area contributed by atoms with Crippen LogP contribution in [0.4, 0.5) is 14.5 Å². The molecule has 34 heavy (non-hydrogen) atoms. The van der Waals surface area contributed by atoms with E-state index < -0.39 is 29.2 Å². The van der Waals surface area contributed by atoms with E-state index in [0.717, 1.165) is 17.7 Å². The molecule has 0 aliphatic carbocycles. The lowest BCUT2D eigenvalue weighted by Crippen LogP contribution is -2.41. The van der Waals surface area contributed by atoms with Crippen LogP contribution in [0, 0.1) is 11.6 Å². The number of hydrogen-bond acceptors (Lipinski definition) is 3. The maximum atomic E-state index is 14.0. The smallest absolute Gasteiger partial charge is 0.264 e. The molecule has 0 radical (unpaired) electrons. The van der Waals surface area contributed by atoms with Crippen molar-refractivity contribution in [3.63, 3.8) is 0 Å². The normalized spacial score (nSPS) is 16.3. The quantitative estimate of drug-likeness (QED) is 0.497. The predicted molar refractivity (Wildman–Crippen MR) is 125 cm³/mol. The number of ether oxygens (including phenoxy) is 1. The molecule has 0 spiro atoms. The Hall–Kier alpha value is -3.74. The van der Waals surface area contributed by atoms with Crippen molar-refractivity contribution in [2.24, 2.45) is 0 Å². The first-order chi connectivity index (χ1) is 16.4. The SMILES string of the molecule is CC[C@@H]1Oc2ccc(NC(=O)c3c(F)cccc3F)cc2CN([C@H](CC)c2ccccc2)C1=O. The van der Waals surface area contributed by atoms with E-state index in [0.29, 0.717) is 29.8 Å². The van der Waals surface area contributed by atoms with E-state index in [1.807, 2.05) is 44.2 Å². The Kier molecular flexibility index (Phi) is 6.91. The fraction of sp³-hybridized carbons (Fsp3) is 0.259. The first-order valence-electron chi connectivity index (χ1n) is 11.3. The molecule has 1 aliphatic rings. The van der Waals surface area contributed by atoms with Crippen molar-refractivity contribution in [2.45, 2.75) is 45.4 Å². The average Bonchev–Trinajstić information content (AvgIpc) is 2.96. The van der Waals surface area contributed by atoms with E-state index in [4.69, 9.17) is 4.74 Å². The third-order valence-corrected chi connectivity index (χ3v) is 5.99. The molecule has 0 fully saturated rings. The van der Waals surface area contributed by atoms with Crippen LogP contribution in [0.2, 0.25) is 0 Å². The van der Waals surface area contributed by atoms with Crippen LogP contribution in [0.15, 0.2) is 66.7 Å². The molecule has 3 aromatic carbocycles. The van der Waals surface area contributed by atoms with Gasteiger partial charge in [-0.1, -0.05) is 50.2 Å². The highest BCUT2D eigenvalue weighted by Crippen LogP contribution is 2.35. The lowest BCUT2D eigenvalue weighted by Gasteiger charge is -2.32. The molecule has 176 valence electrons. The highest BCUT2D eigenvalue weighted by molar-refractivity contribution is 6.04. The van der Waals surface area contributed by atoms with E-state index in [-0.39, 0.29) is 18.5 Å². The first-order valence-corrected chi connectivity index (χ1v) is 11.3. The Bertz CT molecular complexity index is 1180. The van der Waals surface area contributed by atoms with Gasteiger partial charge in [0.2, 0.25) is 0 Å². The van der Waals surface area contributed by atoms with E-state index in [1.165, 1.54) is 6.07 Å². The van der Waals surface area contributed by atoms with Gasteiger partial charge in [0.05, 0.1) is 12.6 Å². The molecule has 2 atom stereocenters. The summed E-state index contributed by atoms with van der Waals surface area (Å²) in [4.78, 5) is 27.8. The minimum Gasteiger partial charge on any atom is -0.480 e. The van der Waals surface area contributed by atoms with Crippen molar-refractivity contribution in [1.82, 2.24) is 4.90 Å². The van der Waals surface area contributed by atoms with Gasteiger partial charge in [0.1, 0.15) is 22.9 Å². The molecule has 0 aromatic heterocycles. The van der Waals surface area contributed by atoms with Gasteiger partial charge in [-0.3, -0.25) is 9.59 Å². The minimum absolute atomic E-state index is 0.103. The number of nitrogens with one attached hydrogen (secondary N) is 1. The molecule has 4 rings (SSSR count). The maximum absolute atomic E-state index is 14.0. The Labute approximate surface area is 197 Å². The molecule has 1 heterocycles. The number of rotatable bonds is 6. The molecule has 1 N–H and O–H groups in total. The number of hydrogen-bond donors (Lipinski definition) is 1. The predicted octanol–water partition coefficient (Wildman–Crippen LogP) is 5.87. The van der Waals surface area contributed by atoms with Gasteiger partial charge in [0, 0.05) is 11.3 Å². The molecule has 3 aromatic rings. The van der Waals surface area contributed by atoms with Gasteiger partial charge in [-0.25, -0.2) is 8.78 Å². The Morgan fingerprint density at radius 1 is 1.06 bits per heavy atom. The summed E-state index contributed by atoms with van der Waals surface area (Å²) in [5.74, 6) is -2.33. The lowest BCUT2D eigenvalue weighted by atomic mass is 10.0. The molecular weight excluding hydrogens is 438 g/mol. The highest BCUT2D eigenvalue weighted by Gasteiger charge is 2.34. The largest absolute Gasteiger partial charge is 0.480 e. The number of nitrogens with zero attached hydrogens (tertiary/aromatic N) is 1. The van der Waals surface area contributed by atoms with Crippen LogP contribution in [0.25, 0.3) is 0 Å². The minimum atomic E-state index is -0.938. The van der Waals surface area contributed by atoms with Crippen molar-refractivity contribution in [2.75, 3.05) is 5.32 Å². The number of benzene rings is 3.